The number of benzene rings is 1. The van der Waals surface area contributed by atoms with E-state index in [1.54, 1.807) is 0 Å². The third kappa shape index (κ3) is 4.65. The van der Waals surface area contributed by atoms with Crippen molar-refractivity contribution in [2.75, 3.05) is 5.32 Å². The van der Waals surface area contributed by atoms with Crippen molar-refractivity contribution < 1.29 is 14.3 Å². The van der Waals surface area contributed by atoms with E-state index in [0.717, 1.165) is 32.1 Å². The Balaban J connectivity index is 1.62. The number of ether oxygens (including phenoxy) is 1. The zero-order valence-corrected chi connectivity index (χ0v) is 16.2. The first-order chi connectivity index (χ1) is 13.5. The molecular weight excluding hydrogens is 358 g/mol. The molecule has 148 valence electrons. The molecule has 1 amide bonds. The van der Waals surface area contributed by atoms with Gasteiger partial charge in [0.25, 0.3) is 11.5 Å². The van der Waals surface area contributed by atoms with Gasteiger partial charge in [0.15, 0.2) is 11.8 Å². The highest BCUT2D eigenvalue weighted by Crippen LogP contribution is 2.25. The van der Waals surface area contributed by atoms with Crippen molar-refractivity contribution in [3.8, 4) is 0 Å². The van der Waals surface area contributed by atoms with Crippen LogP contribution in [0.5, 0.6) is 0 Å². The van der Waals surface area contributed by atoms with Crippen molar-refractivity contribution in [2.45, 2.75) is 58.6 Å². The molecule has 1 heterocycles. The van der Waals surface area contributed by atoms with Gasteiger partial charge in [-0.2, -0.15) is 5.10 Å². The molecule has 7 nitrogen and oxygen atoms in total. The predicted octanol–water partition coefficient (Wildman–Crippen LogP) is 2.72. The van der Waals surface area contributed by atoms with E-state index in [4.69, 9.17) is 4.74 Å². The van der Waals surface area contributed by atoms with Crippen LogP contribution in [-0.2, 0) is 28.9 Å². The number of carbonyl (C=O) groups excluding carboxylic acids is 2. The lowest BCUT2D eigenvalue weighted by atomic mass is 10.1. The molecule has 1 aliphatic carbocycles. The zero-order valence-electron chi connectivity index (χ0n) is 16.2. The molecule has 3 rings (SSSR count). The summed E-state index contributed by atoms with van der Waals surface area (Å²) in [4.78, 5) is 36.5. The van der Waals surface area contributed by atoms with Crippen LogP contribution < -0.4 is 10.9 Å². The quantitative estimate of drug-likeness (QED) is 0.743. The smallest absolute Gasteiger partial charge is 0.359 e. The Bertz CT molecular complexity index is 935. The van der Waals surface area contributed by atoms with E-state index in [9.17, 15) is 14.4 Å². The van der Waals surface area contributed by atoms with Crippen LogP contribution in [0.1, 0.15) is 54.7 Å². The van der Waals surface area contributed by atoms with Crippen LogP contribution in [0, 0.1) is 0 Å². The maximum Gasteiger partial charge on any atom is 0.359 e. The lowest BCUT2D eigenvalue weighted by molar-refractivity contribution is -0.123. The van der Waals surface area contributed by atoms with Crippen LogP contribution in [0.15, 0.2) is 35.1 Å². The molecule has 1 aliphatic rings. The van der Waals surface area contributed by atoms with Gasteiger partial charge in [0.05, 0.1) is 0 Å². The number of carbonyl (C=O) groups is 2. The summed E-state index contributed by atoms with van der Waals surface area (Å²) in [5.41, 5.74) is 3.00. The summed E-state index contributed by atoms with van der Waals surface area (Å²) in [6.45, 7) is 3.95. The number of hydrogen-bond donors (Lipinski definition) is 1. The summed E-state index contributed by atoms with van der Waals surface area (Å²) in [7, 11) is 0. The van der Waals surface area contributed by atoms with Crippen molar-refractivity contribution in [1.29, 1.82) is 0 Å². The van der Waals surface area contributed by atoms with E-state index in [-0.39, 0.29) is 11.3 Å². The molecule has 0 bridgehead atoms. The number of nitrogens with one attached hydrogen (secondary N) is 1. The van der Waals surface area contributed by atoms with Crippen LogP contribution in [0.3, 0.4) is 0 Å². The first kappa shape index (κ1) is 19.8. The highest BCUT2D eigenvalue weighted by atomic mass is 16.5. The van der Waals surface area contributed by atoms with E-state index >= 15 is 0 Å². The Labute approximate surface area is 163 Å². The fourth-order valence-corrected chi connectivity index (χ4v) is 3.19. The monoisotopic (exact) mass is 383 g/mol. The molecule has 28 heavy (non-hydrogen) atoms. The minimum Gasteiger partial charge on any atom is -0.448 e. The second kappa shape index (κ2) is 8.82. The summed E-state index contributed by atoms with van der Waals surface area (Å²) in [6.07, 6.45) is 3.93. The van der Waals surface area contributed by atoms with Gasteiger partial charge in [-0.3, -0.25) is 9.59 Å². The molecule has 1 aromatic carbocycles. The SMILES string of the molecule is CCCCn1nc(C(=O)OC(C)C(=O)Nc2ccc3c(c2)CCC3)ccc1=O. The van der Waals surface area contributed by atoms with Gasteiger partial charge < -0.3 is 10.1 Å². The highest BCUT2D eigenvalue weighted by molar-refractivity contribution is 5.96. The van der Waals surface area contributed by atoms with Gasteiger partial charge in [0, 0.05) is 18.3 Å². The maximum absolute atomic E-state index is 12.4. The van der Waals surface area contributed by atoms with E-state index in [2.05, 4.69) is 10.4 Å². The molecule has 0 saturated heterocycles. The van der Waals surface area contributed by atoms with Gasteiger partial charge >= 0.3 is 5.97 Å². The van der Waals surface area contributed by atoms with Crippen LogP contribution in [0.2, 0.25) is 0 Å². The molecular formula is C21H25N3O4. The average molecular weight is 383 g/mol. The van der Waals surface area contributed by atoms with E-state index in [1.165, 1.54) is 34.9 Å². The Hall–Kier alpha value is -2.96. The number of hydrogen-bond acceptors (Lipinski definition) is 5. The summed E-state index contributed by atoms with van der Waals surface area (Å²) in [6, 6.07) is 8.46. The van der Waals surface area contributed by atoms with E-state index in [1.807, 2.05) is 25.1 Å². The van der Waals surface area contributed by atoms with Gasteiger partial charge in [-0.15, -0.1) is 0 Å². The normalized spacial score (nSPS) is 13.6. The number of anilines is 1. The minimum atomic E-state index is -0.987. The van der Waals surface area contributed by atoms with E-state index < -0.39 is 18.0 Å². The van der Waals surface area contributed by atoms with Gasteiger partial charge in [-0.05, 0) is 61.9 Å². The number of esters is 1. The lowest BCUT2D eigenvalue weighted by Gasteiger charge is -2.14. The average Bonchev–Trinajstić information content (AvgIpc) is 3.15. The molecule has 1 aromatic heterocycles. The first-order valence-electron chi connectivity index (χ1n) is 9.69. The highest BCUT2D eigenvalue weighted by Gasteiger charge is 2.21. The standard InChI is InChI=1S/C21H25N3O4/c1-3-4-12-24-19(25)11-10-18(23-24)21(27)28-14(2)20(26)22-17-9-8-15-6-5-7-16(15)13-17/h8-11,13-14H,3-7,12H2,1-2H3,(H,22,26). The fraction of sp³-hybridized carbons (Fsp3) is 0.429. The van der Waals surface area contributed by atoms with Crippen LogP contribution in [0.25, 0.3) is 0 Å². The molecule has 0 saturated carbocycles. The topological polar surface area (TPSA) is 90.3 Å². The molecule has 7 heteroatoms. The second-order valence-corrected chi connectivity index (χ2v) is 7.01. The third-order valence-corrected chi connectivity index (χ3v) is 4.82. The predicted molar refractivity (Wildman–Crippen MR) is 105 cm³/mol. The van der Waals surface area contributed by atoms with E-state index in [0.29, 0.717) is 12.2 Å². The Morgan fingerprint density at radius 1 is 1.21 bits per heavy atom. The van der Waals surface area contributed by atoms with Crippen LogP contribution >= 0.6 is 0 Å². The summed E-state index contributed by atoms with van der Waals surface area (Å²) in [5, 5.41) is 6.83. The van der Waals surface area contributed by atoms with Crippen molar-refractivity contribution >= 4 is 17.6 Å². The maximum atomic E-state index is 12.4. The number of aromatic nitrogens is 2. The Morgan fingerprint density at radius 3 is 2.79 bits per heavy atom. The molecule has 1 unspecified atom stereocenters. The number of amides is 1. The number of nitrogens with zero attached hydrogens (tertiary/aromatic N) is 2. The van der Waals surface area contributed by atoms with Gasteiger partial charge in [-0.25, -0.2) is 9.48 Å². The van der Waals surface area contributed by atoms with Crippen LogP contribution in [-0.4, -0.2) is 27.8 Å². The molecule has 1 atom stereocenters. The Morgan fingerprint density at radius 2 is 2.00 bits per heavy atom. The summed E-state index contributed by atoms with van der Waals surface area (Å²) >= 11 is 0. The zero-order chi connectivity index (χ0) is 20.1. The number of fused-ring (bicyclic) bond motifs is 1. The van der Waals surface area contributed by atoms with Gasteiger partial charge in [0.2, 0.25) is 0 Å². The Kier molecular flexibility index (Phi) is 6.23. The number of aryl methyl sites for hydroxylation is 3. The van der Waals surface area contributed by atoms with Gasteiger partial charge in [0.1, 0.15) is 0 Å². The minimum absolute atomic E-state index is 0.00730. The summed E-state index contributed by atoms with van der Waals surface area (Å²) in [5.74, 6) is -1.15. The molecule has 1 N–H and O–H groups in total. The van der Waals surface area contributed by atoms with Crippen molar-refractivity contribution in [1.82, 2.24) is 9.78 Å². The molecule has 0 spiro atoms. The lowest BCUT2D eigenvalue weighted by Crippen LogP contribution is -2.31. The number of unbranched alkanes of at least 4 members (excludes halogenated alkanes) is 1. The molecule has 0 radical (unpaired) electrons. The van der Waals surface area contributed by atoms with Gasteiger partial charge in [-0.1, -0.05) is 19.4 Å². The van der Waals surface area contributed by atoms with Crippen LogP contribution in [0.4, 0.5) is 5.69 Å². The van der Waals surface area contributed by atoms with Crippen molar-refractivity contribution in [3.05, 3.63) is 57.5 Å². The number of rotatable bonds is 7. The summed E-state index contributed by atoms with van der Waals surface area (Å²) < 4.78 is 6.48. The fourth-order valence-electron chi connectivity index (χ4n) is 3.19. The largest absolute Gasteiger partial charge is 0.448 e. The third-order valence-electron chi connectivity index (χ3n) is 4.82. The van der Waals surface area contributed by atoms with Crippen molar-refractivity contribution in [2.24, 2.45) is 0 Å². The molecule has 2 aromatic rings. The van der Waals surface area contributed by atoms with Crippen molar-refractivity contribution in [3.63, 3.8) is 0 Å². The second-order valence-electron chi connectivity index (χ2n) is 7.01. The first-order valence-corrected chi connectivity index (χ1v) is 9.69. The molecule has 0 fully saturated rings. The molecule has 0 aliphatic heterocycles.